The SMILES string of the molecule is Cc1ccc(C(CN)N(C)CCN(C)C)cc1C. The number of nitrogens with two attached hydrogens (primary N) is 1. The zero-order valence-corrected chi connectivity index (χ0v) is 12.4. The monoisotopic (exact) mass is 249 g/mol. The molecule has 0 saturated carbocycles. The minimum absolute atomic E-state index is 0.309. The molecule has 0 fully saturated rings. The number of aryl methyl sites for hydroxylation is 2. The largest absolute Gasteiger partial charge is 0.329 e. The maximum Gasteiger partial charge on any atom is 0.0468 e. The molecule has 3 heteroatoms. The Morgan fingerprint density at radius 3 is 2.22 bits per heavy atom. The molecule has 1 atom stereocenters. The van der Waals surface area contributed by atoms with E-state index in [1.54, 1.807) is 0 Å². The Morgan fingerprint density at radius 1 is 1.06 bits per heavy atom. The molecule has 2 N–H and O–H groups in total. The molecule has 0 saturated heterocycles. The van der Waals surface area contributed by atoms with Gasteiger partial charge in [0.15, 0.2) is 0 Å². The van der Waals surface area contributed by atoms with Crippen molar-refractivity contribution in [2.75, 3.05) is 40.8 Å². The predicted molar refractivity (Wildman–Crippen MR) is 78.9 cm³/mol. The van der Waals surface area contributed by atoms with Crippen LogP contribution in [0.4, 0.5) is 0 Å². The van der Waals surface area contributed by atoms with Gasteiger partial charge in [-0.3, -0.25) is 4.90 Å². The third-order valence-corrected chi connectivity index (χ3v) is 3.57. The fourth-order valence-corrected chi connectivity index (χ4v) is 2.06. The normalized spacial score (nSPS) is 13.3. The smallest absolute Gasteiger partial charge is 0.0468 e. The highest BCUT2D eigenvalue weighted by molar-refractivity contribution is 5.31. The van der Waals surface area contributed by atoms with E-state index in [0.717, 1.165) is 13.1 Å². The molecule has 18 heavy (non-hydrogen) atoms. The van der Waals surface area contributed by atoms with Crippen LogP contribution < -0.4 is 5.73 Å². The van der Waals surface area contributed by atoms with Crippen LogP contribution in [0.1, 0.15) is 22.7 Å². The number of hydrogen-bond acceptors (Lipinski definition) is 3. The molecule has 0 aromatic heterocycles. The van der Waals surface area contributed by atoms with Gasteiger partial charge in [-0.05, 0) is 51.7 Å². The van der Waals surface area contributed by atoms with E-state index in [1.165, 1.54) is 16.7 Å². The molecule has 0 amide bonds. The fraction of sp³-hybridized carbons (Fsp3) is 0.600. The Bertz CT molecular complexity index is 374. The topological polar surface area (TPSA) is 32.5 Å². The van der Waals surface area contributed by atoms with E-state index >= 15 is 0 Å². The molecule has 0 heterocycles. The summed E-state index contributed by atoms with van der Waals surface area (Å²) in [6.45, 7) is 7.05. The van der Waals surface area contributed by atoms with E-state index in [1.807, 2.05) is 0 Å². The molecule has 0 bridgehead atoms. The highest BCUT2D eigenvalue weighted by atomic mass is 15.2. The fourth-order valence-electron chi connectivity index (χ4n) is 2.06. The molecular formula is C15H27N3. The standard InChI is InChI=1S/C15H27N3/c1-12-6-7-14(10-13(12)2)15(11-16)18(5)9-8-17(3)4/h6-7,10,15H,8-9,11,16H2,1-5H3. The lowest BCUT2D eigenvalue weighted by Crippen LogP contribution is -2.35. The first-order valence-corrected chi connectivity index (χ1v) is 6.58. The third kappa shape index (κ3) is 4.09. The second-order valence-corrected chi connectivity index (χ2v) is 5.38. The first-order chi connectivity index (χ1) is 8.45. The lowest BCUT2D eigenvalue weighted by atomic mass is 10.0. The van der Waals surface area contributed by atoms with Crippen molar-refractivity contribution in [3.63, 3.8) is 0 Å². The first-order valence-electron chi connectivity index (χ1n) is 6.58. The van der Waals surface area contributed by atoms with Crippen LogP contribution in [0, 0.1) is 13.8 Å². The summed E-state index contributed by atoms with van der Waals surface area (Å²) < 4.78 is 0. The Hall–Kier alpha value is -0.900. The van der Waals surface area contributed by atoms with Gasteiger partial charge in [0.2, 0.25) is 0 Å². The second kappa shape index (κ2) is 6.88. The molecule has 102 valence electrons. The van der Waals surface area contributed by atoms with Gasteiger partial charge >= 0.3 is 0 Å². The number of hydrogen-bond donors (Lipinski definition) is 1. The van der Waals surface area contributed by atoms with Crippen LogP contribution >= 0.6 is 0 Å². The number of rotatable bonds is 6. The van der Waals surface area contributed by atoms with Gasteiger partial charge in [0.25, 0.3) is 0 Å². The minimum Gasteiger partial charge on any atom is -0.329 e. The molecule has 1 aromatic rings. The Kier molecular flexibility index (Phi) is 5.79. The van der Waals surface area contributed by atoms with Gasteiger partial charge in [0, 0.05) is 25.7 Å². The van der Waals surface area contributed by atoms with Crippen molar-refractivity contribution in [3.05, 3.63) is 34.9 Å². The Balaban J connectivity index is 2.78. The summed E-state index contributed by atoms with van der Waals surface area (Å²) in [5.41, 5.74) is 9.94. The van der Waals surface area contributed by atoms with Crippen molar-refractivity contribution in [1.29, 1.82) is 0 Å². The van der Waals surface area contributed by atoms with Crippen LogP contribution in [-0.4, -0.2) is 50.6 Å². The van der Waals surface area contributed by atoms with Gasteiger partial charge in [0.05, 0.1) is 0 Å². The molecule has 1 rings (SSSR count). The molecule has 3 nitrogen and oxygen atoms in total. The third-order valence-electron chi connectivity index (χ3n) is 3.57. The molecular weight excluding hydrogens is 222 g/mol. The van der Waals surface area contributed by atoms with E-state index in [0.29, 0.717) is 12.6 Å². The van der Waals surface area contributed by atoms with Crippen molar-refractivity contribution >= 4 is 0 Å². The van der Waals surface area contributed by atoms with Crippen LogP contribution in [0.3, 0.4) is 0 Å². The number of benzene rings is 1. The summed E-state index contributed by atoms with van der Waals surface area (Å²) in [5.74, 6) is 0. The van der Waals surface area contributed by atoms with E-state index < -0.39 is 0 Å². The molecule has 0 radical (unpaired) electrons. The summed E-state index contributed by atoms with van der Waals surface area (Å²) in [6.07, 6.45) is 0. The van der Waals surface area contributed by atoms with E-state index in [9.17, 15) is 0 Å². The molecule has 0 spiro atoms. The molecule has 0 aliphatic rings. The summed E-state index contributed by atoms with van der Waals surface area (Å²) in [5, 5.41) is 0. The van der Waals surface area contributed by atoms with Crippen molar-refractivity contribution < 1.29 is 0 Å². The van der Waals surface area contributed by atoms with E-state index in [-0.39, 0.29) is 0 Å². The lowest BCUT2D eigenvalue weighted by Gasteiger charge is -2.28. The minimum atomic E-state index is 0.309. The van der Waals surface area contributed by atoms with Crippen LogP contribution in [0.5, 0.6) is 0 Å². The van der Waals surface area contributed by atoms with Gasteiger partial charge in [-0.25, -0.2) is 0 Å². The highest BCUT2D eigenvalue weighted by Gasteiger charge is 2.15. The molecule has 0 aliphatic carbocycles. The summed E-state index contributed by atoms with van der Waals surface area (Å²) >= 11 is 0. The van der Waals surface area contributed by atoms with Crippen molar-refractivity contribution in [1.82, 2.24) is 9.80 Å². The predicted octanol–water partition coefficient (Wildman–Crippen LogP) is 1.80. The van der Waals surface area contributed by atoms with Crippen molar-refractivity contribution in [3.8, 4) is 0 Å². The first kappa shape index (κ1) is 15.2. The zero-order chi connectivity index (χ0) is 13.7. The van der Waals surface area contributed by atoms with Crippen molar-refractivity contribution in [2.45, 2.75) is 19.9 Å². The maximum atomic E-state index is 5.94. The molecule has 0 aliphatic heterocycles. The van der Waals surface area contributed by atoms with Crippen molar-refractivity contribution in [2.24, 2.45) is 5.73 Å². The lowest BCUT2D eigenvalue weighted by molar-refractivity contribution is 0.222. The molecule has 1 aromatic carbocycles. The average Bonchev–Trinajstić information content (AvgIpc) is 2.32. The Morgan fingerprint density at radius 2 is 1.72 bits per heavy atom. The van der Waals surface area contributed by atoms with Gasteiger partial charge in [-0.2, -0.15) is 0 Å². The quantitative estimate of drug-likeness (QED) is 0.834. The average molecular weight is 249 g/mol. The summed E-state index contributed by atoms with van der Waals surface area (Å²) in [7, 11) is 6.35. The van der Waals surface area contributed by atoms with Crippen LogP contribution in [0.25, 0.3) is 0 Å². The Labute approximate surface area is 112 Å². The number of likely N-dealkylation sites (N-methyl/N-ethyl adjacent to an activating group) is 2. The summed E-state index contributed by atoms with van der Waals surface area (Å²) in [6, 6.07) is 6.96. The summed E-state index contributed by atoms with van der Waals surface area (Å²) in [4.78, 5) is 4.54. The van der Waals surface area contributed by atoms with Gasteiger partial charge in [0.1, 0.15) is 0 Å². The van der Waals surface area contributed by atoms with Gasteiger partial charge in [-0.1, -0.05) is 18.2 Å². The zero-order valence-electron chi connectivity index (χ0n) is 12.4. The van der Waals surface area contributed by atoms with E-state index in [2.05, 4.69) is 63.0 Å². The van der Waals surface area contributed by atoms with Crippen LogP contribution in [0.2, 0.25) is 0 Å². The number of nitrogens with zero attached hydrogens (tertiary/aromatic N) is 2. The van der Waals surface area contributed by atoms with Crippen LogP contribution in [0.15, 0.2) is 18.2 Å². The van der Waals surface area contributed by atoms with Gasteiger partial charge in [-0.15, -0.1) is 0 Å². The second-order valence-electron chi connectivity index (χ2n) is 5.38. The highest BCUT2D eigenvalue weighted by Crippen LogP contribution is 2.20. The van der Waals surface area contributed by atoms with Gasteiger partial charge < -0.3 is 10.6 Å². The van der Waals surface area contributed by atoms with Crippen LogP contribution in [-0.2, 0) is 0 Å². The van der Waals surface area contributed by atoms with E-state index in [4.69, 9.17) is 5.73 Å². The molecule has 1 unspecified atom stereocenters. The maximum absolute atomic E-state index is 5.94.